The number of nitrogens with one attached hydrogen (secondary N) is 2. The Morgan fingerprint density at radius 1 is 0.571 bits per heavy atom. The summed E-state index contributed by atoms with van der Waals surface area (Å²) >= 11 is 7.62. The van der Waals surface area contributed by atoms with Crippen LogP contribution in [0, 0.1) is 10.8 Å². The molecule has 0 aliphatic rings. The minimum Gasteiger partial charge on any atom is -0.248 e. The van der Waals surface area contributed by atoms with Crippen molar-refractivity contribution < 1.29 is 0 Å². The molecular formula is C17H22N2S2. The SMILES string of the molecule is CCC.N=C=S.N=C=S.c1ccccc1.c1ccccc1. The average Bonchev–Trinajstić information content (AvgIpc) is 2.54. The molecule has 0 atom stereocenters. The first-order valence-electron chi connectivity index (χ1n) is 6.32. The van der Waals surface area contributed by atoms with Crippen LogP contribution in [0.15, 0.2) is 72.8 Å². The Labute approximate surface area is 138 Å². The monoisotopic (exact) mass is 318 g/mol. The molecule has 0 fully saturated rings. The fourth-order valence-electron chi connectivity index (χ4n) is 0.770. The van der Waals surface area contributed by atoms with Crippen molar-refractivity contribution >= 4 is 34.8 Å². The fraction of sp³-hybridized carbons (Fsp3) is 0.176. The lowest BCUT2D eigenvalue weighted by molar-refractivity contribution is 1.09. The van der Waals surface area contributed by atoms with E-state index >= 15 is 0 Å². The number of thiocarbonyl (C=S) groups is 2. The summed E-state index contributed by atoms with van der Waals surface area (Å²) in [6.07, 6.45) is 1.25. The van der Waals surface area contributed by atoms with Crippen LogP contribution in [0.3, 0.4) is 0 Å². The second-order valence-electron chi connectivity index (χ2n) is 3.22. The maximum atomic E-state index is 5.77. The number of rotatable bonds is 0. The lowest BCUT2D eigenvalue weighted by Gasteiger charge is -1.69. The van der Waals surface area contributed by atoms with Crippen LogP contribution in [0.25, 0.3) is 0 Å². The Balaban J connectivity index is -0.000000204. The first-order chi connectivity index (χ1) is 10.2. The molecule has 2 rings (SSSR count). The zero-order valence-electron chi connectivity index (χ0n) is 12.5. The summed E-state index contributed by atoms with van der Waals surface area (Å²) in [5.74, 6) is 0. The third-order valence-electron chi connectivity index (χ3n) is 1.33. The third kappa shape index (κ3) is 46.0. The van der Waals surface area contributed by atoms with E-state index in [4.69, 9.17) is 10.8 Å². The third-order valence-corrected chi connectivity index (χ3v) is 1.33. The maximum absolute atomic E-state index is 5.77. The van der Waals surface area contributed by atoms with Gasteiger partial charge in [0.15, 0.2) is 0 Å². The van der Waals surface area contributed by atoms with Gasteiger partial charge in [-0.2, -0.15) is 0 Å². The molecule has 0 spiro atoms. The zero-order chi connectivity index (χ0) is 16.6. The van der Waals surface area contributed by atoms with Gasteiger partial charge in [-0.3, -0.25) is 0 Å². The van der Waals surface area contributed by atoms with Gasteiger partial charge in [0.1, 0.15) is 0 Å². The van der Waals surface area contributed by atoms with Crippen molar-refractivity contribution in [1.82, 2.24) is 0 Å². The lowest BCUT2D eigenvalue weighted by atomic mass is 10.4. The topological polar surface area (TPSA) is 47.7 Å². The highest BCUT2D eigenvalue weighted by molar-refractivity contribution is 7.78. The summed E-state index contributed by atoms with van der Waals surface area (Å²) in [5.41, 5.74) is 0. The molecule has 0 aliphatic heterocycles. The van der Waals surface area contributed by atoms with E-state index in [2.05, 4.69) is 38.3 Å². The van der Waals surface area contributed by atoms with Gasteiger partial charge in [0.05, 0.1) is 10.3 Å². The van der Waals surface area contributed by atoms with Gasteiger partial charge in [-0.1, -0.05) is 93.1 Å². The largest absolute Gasteiger partial charge is 0.248 e. The van der Waals surface area contributed by atoms with E-state index in [-0.39, 0.29) is 0 Å². The highest BCUT2D eigenvalue weighted by Gasteiger charge is 1.58. The molecule has 0 heterocycles. The smallest absolute Gasteiger partial charge is 0.0554 e. The molecule has 0 aliphatic carbocycles. The molecule has 112 valence electrons. The summed E-state index contributed by atoms with van der Waals surface area (Å²) < 4.78 is 0. The van der Waals surface area contributed by atoms with Crippen LogP contribution in [-0.4, -0.2) is 10.3 Å². The van der Waals surface area contributed by atoms with Crippen molar-refractivity contribution in [2.45, 2.75) is 20.3 Å². The van der Waals surface area contributed by atoms with Gasteiger partial charge in [0.2, 0.25) is 0 Å². The van der Waals surface area contributed by atoms with E-state index in [0.717, 1.165) is 0 Å². The van der Waals surface area contributed by atoms with E-state index in [9.17, 15) is 0 Å². The van der Waals surface area contributed by atoms with Crippen LogP contribution < -0.4 is 0 Å². The molecule has 0 amide bonds. The number of hydrogen-bond donors (Lipinski definition) is 2. The lowest BCUT2D eigenvalue weighted by Crippen LogP contribution is -1.47. The summed E-state index contributed by atoms with van der Waals surface area (Å²) in [6.45, 7) is 4.25. The second-order valence-corrected chi connectivity index (χ2v) is 3.63. The van der Waals surface area contributed by atoms with Gasteiger partial charge in [-0.05, 0) is 24.4 Å². The molecule has 4 heteroatoms. The molecule has 21 heavy (non-hydrogen) atoms. The van der Waals surface area contributed by atoms with E-state index in [0.29, 0.717) is 0 Å². The predicted octanol–water partition coefficient (Wildman–Crippen LogP) is 6.13. The molecule has 2 aromatic rings. The van der Waals surface area contributed by atoms with Crippen LogP contribution >= 0.6 is 24.4 Å². The number of benzene rings is 2. The Morgan fingerprint density at radius 2 is 0.619 bits per heavy atom. The van der Waals surface area contributed by atoms with E-state index in [1.807, 2.05) is 72.8 Å². The predicted molar refractivity (Wildman–Crippen MR) is 99.5 cm³/mol. The molecule has 0 saturated heterocycles. The van der Waals surface area contributed by atoms with Gasteiger partial charge in [0, 0.05) is 0 Å². The minimum atomic E-state index is 1.25. The van der Waals surface area contributed by atoms with Crippen LogP contribution in [0.1, 0.15) is 20.3 Å². The van der Waals surface area contributed by atoms with Crippen molar-refractivity contribution in [1.29, 1.82) is 10.8 Å². The molecule has 0 aromatic heterocycles. The molecular weight excluding hydrogens is 296 g/mol. The Kier molecular flexibility index (Phi) is 35.3. The summed E-state index contributed by atoms with van der Waals surface area (Å²) in [7, 11) is 0. The van der Waals surface area contributed by atoms with Crippen molar-refractivity contribution in [3.63, 3.8) is 0 Å². The zero-order valence-corrected chi connectivity index (χ0v) is 14.1. The fourth-order valence-corrected chi connectivity index (χ4v) is 0.770. The molecule has 0 unspecified atom stereocenters. The maximum Gasteiger partial charge on any atom is 0.0554 e. The summed E-state index contributed by atoms with van der Waals surface area (Å²) in [4.78, 5) is 0. The highest BCUT2D eigenvalue weighted by Crippen LogP contribution is 1.80. The van der Waals surface area contributed by atoms with Crippen LogP contribution in [0.5, 0.6) is 0 Å². The quantitative estimate of drug-likeness (QED) is 0.453. The number of isothiocyanates is 2. The van der Waals surface area contributed by atoms with Gasteiger partial charge in [0.25, 0.3) is 0 Å². The molecule has 0 saturated carbocycles. The van der Waals surface area contributed by atoms with Gasteiger partial charge in [-0.25, -0.2) is 10.8 Å². The summed E-state index contributed by atoms with van der Waals surface area (Å²) in [6, 6.07) is 24.0. The molecule has 0 radical (unpaired) electrons. The van der Waals surface area contributed by atoms with Crippen molar-refractivity contribution in [3.8, 4) is 0 Å². The molecule has 2 N–H and O–H groups in total. The van der Waals surface area contributed by atoms with Crippen LogP contribution in [-0.2, 0) is 0 Å². The second kappa shape index (κ2) is 30.8. The van der Waals surface area contributed by atoms with Crippen LogP contribution in [0.4, 0.5) is 0 Å². The van der Waals surface area contributed by atoms with E-state index in [1.54, 1.807) is 10.3 Å². The molecule has 2 nitrogen and oxygen atoms in total. The molecule has 2 aromatic carbocycles. The van der Waals surface area contributed by atoms with Gasteiger partial charge >= 0.3 is 0 Å². The highest BCUT2D eigenvalue weighted by atomic mass is 32.1. The average molecular weight is 319 g/mol. The first kappa shape index (κ1) is 24.1. The van der Waals surface area contributed by atoms with Crippen LogP contribution in [0.2, 0.25) is 0 Å². The Bertz CT molecular complexity index is 336. The minimum absolute atomic E-state index is 1.25. The molecule has 0 bridgehead atoms. The van der Waals surface area contributed by atoms with E-state index < -0.39 is 0 Å². The normalized spacial score (nSPS) is 6.19. The summed E-state index contributed by atoms with van der Waals surface area (Å²) in [5, 5.41) is 14.7. The van der Waals surface area contributed by atoms with Gasteiger partial charge < -0.3 is 0 Å². The van der Waals surface area contributed by atoms with Crippen molar-refractivity contribution in [3.05, 3.63) is 72.8 Å². The Hall–Kier alpha value is -1.96. The van der Waals surface area contributed by atoms with Crippen molar-refractivity contribution in [2.75, 3.05) is 0 Å². The van der Waals surface area contributed by atoms with E-state index in [1.165, 1.54) is 6.42 Å². The number of hydrogen-bond acceptors (Lipinski definition) is 4. The Morgan fingerprint density at radius 3 is 0.667 bits per heavy atom. The van der Waals surface area contributed by atoms with Gasteiger partial charge in [-0.15, -0.1) is 0 Å². The first-order valence-corrected chi connectivity index (χ1v) is 7.14. The standard InChI is InChI=1S/2C6H6.C3H8.2CHNS/c2*1-2-4-6-5-3-1;1-3-2;2*2-1-3/h2*1-6H;3H2,1-2H3;2*2H. The van der Waals surface area contributed by atoms with Crippen molar-refractivity contribution in [2.24, 2.45) is 0 Å².